The van der Waals surface area contributed by atoms with Crippen LogP contribution in [0, 0.1) is 5.41 Å². The lowest BCUT2D eigenvalue weighted by atomic mass is 9.76. The molecule has 0 saturated carbocycles. The van der Waals surface area contributed by atoms with Crippen LogP contribution < -0.4 is 0 Å². The molecular weight excluding hydrogens is 318 g/mol. The van der Waals surface area contributed by atoms with Crippen molar-refractivity contribution < 1.29 is 14.5 Å². The summed E-state index contributed by atoms with van der Waals surface area (Å²) in [6.45, 7) is 7.22. The molecule has 1 amide bonds. The van der Waals surface area contributed by atoms with E-state index in [0.29, 0.717) is 44.0 Å². The van der Waals surface area contributed by atoms with Crippen molar-refractivity contribution in [2.45, 2.75) is 44.9 Å². The number of nitrogens with zero attached hydrogens (tertiary/aromatic N) is 5. The number of piperidine rings is 1. The topological polar surface area (TPSA) is 107 Å². The van der Waals surface area contributed by atoms with Gasteiger partial charge in [-0.3, -0.25) is 0 Å². The number of rotatable bonds is 1. The minimum Gasteiger partial charge on any atom is -0.591 e. The van der Waals surface area contributed by atoms with Gasteiger partial charge in [0.25, 0.3) is 0 Å². The molecule has 2 aliphatic rings. The summed E-state index contributed by atoms with van der Waals surface area (Å²) in [5.74, 6) is 0.659. The van der Waals surface area contributed by atoms with Gasteiger partial charge in [-0.05, 0) is 33.6 Å². The van der Waals surface area contributed by atoms with Gasteiger partial charge in [-0.25, -0.2) is 4.79 Å². The number of hydrogen-bond donors (Lipinski definition) is 1. The van der Waals surface area contributed by atoms with Crippen molar-refractivity contribution in [1.82, 2.24) is 19.7 Å². The molecule has 1 N–H and O–H groups in total. The van der Waals surface area contributed by atoms with Crippen molar-refractivity contribution in [2.24, 2.45) is 9.81 Å². The highest BCUT2D eigenvalue weighted by atomic mass is 32.2. The van der Waals surface area contributed by atoms with Crippen molar-refractivity contribution in [3.8, 4) is 0 Å². The van der Waals surface area contributed by atoms with Gasteiger partial charge in [-0.15, -0.1) is 10.2 Å². The zero-order valence-corrected chi connectivity index (χ0v) is 14.3. The summed E-state index contributed by atoms with van der Waals surface area (Å²) in [5.41, 5.74) is 0.422. The van der Waals surface area contributed by atoms with E-state index < -0.39 is 22.2 Å². The summed E-state index contributed by atoms with van der Waals surface area (Å²) in [6.07, 6.45) is 2.07. The molecule has 0 aromatic carbocycles. The molecule has 3 rings (SSSR count). The molecule has 9 heteroatoms. The molecule has 1 aromatic rings. The lowest BCUT2D eigenvalue weighted by Crippen LogP contribution is -2.46. The fraction of sp³-hybridized carbons (Fsp3) is 0.714. The SMILES string of the molecule is CC(C)(C)[S+]([O-])N=C1c2nncn2CC12CCN(C(=O)O)CC2. The number of likely N-dealkylation sites (tertiary alicyclic amines) is 1. The number of carboxylic acid groups (broad SMARTS) is 1. The molecule has 1 spiro atoms. The summed E-state index contributed by atoms with van der Waals surface area (Å²) < 4.78 is 18.5. The second-order valence-corrected chi connectivity index (χ2v) is 9.04. The highest BCUT2D eigenvalue weighted by molar-refractivity contribution is 7.91. The normalized spacial score (nSPS) is 23.3. The molecule has 0 radical (unpaired) electrons. The van der Waals surface area contributed by atoms with Crippen LogP contribution in [0.1, 0.15) is 39.4 Å². The van der Waals surface area contributed by atoms with E-state index in [1.807, 2.05) is 25.3 Å². The predicted octanol–water partition coefficient (Wildman–Crippen LogP) is 1.30. The Morgan fingerprint density at radius 3 is 2.65 bits per heavy atom. The first-order valence-corrected chi connectivity index (χ1v) is 8.71. The van der Waals surface area contributed by atoms with Crippen LogP contribution in [0.5, 0.6) is 0 Å². The smallest absolute Gasteiger partial charge is 0.407 e. The summed E-state index contributed by atoms with van der Waals surface area (Å²) in [6, 6.07) is 0. The van der Waals surface area contributed by atoms with Gasteiger partial charge in [0, 0.05) is 25.0 Å². The maximum atomic E-state index is 12.5. The average Bonchev–Trinajstić information content (AvgIpc) is 3.00. The second kappa shape index (κ2) is 5.48. The van der Waals surface area contributed by atoms with Crippen molar-refractivity contribution in [2.75, 3.05) is 13.1 Å². The number of hydrogen-bond acceptors (Lipinski definition) is 5. The molecule has 1 atom stereocenters. The van der Waals surface area contributed by atoms with Gasteiger partial charge in [0.2, 0.25) is 0 Å². The Morgan fingerprint density at radius 1 is 1.43 bits per heavy atom. The predicted molar refractivity (Wildman–Crippen MR) is 85.7 cm³/mol. The zero-order valence-electron chi connectivity index (χ0n) is 13.5. The monoisotopic (exact) mass is 339 g/mol. The van der Waals surface area contributed by atoms with Gasteiger partial charge in [0.15, 0.2) is 5.82 Å². The van der Waals surface area contributed by atoms with E-state index in [0.717, 1.165) is 0 Å². The van der Waals surface area contributed by atoms with Crippen molar-refractivity contribution >= 4 is 23.2 Å². The van der Waals surface area contributed by atoms with E-state index in [1.54, 1.807) is 6.33 Å². The van der Waals surface area contributed by atoms with Gasteiger partial charge in [0.05, 0.1) is 0 Å². The van der Waals surface area contributed by atoms with E-state index in [2.05, 4.69) is 14.6 Å². The third kappa shape index (κ3) is 2.83. The molecular formula is C14H21N5O3S. The van der Waals surface area contributed by atoms with Crippen LogP contribution in [-0.2, 0) is 17.9 Å². The van der Waals surface area contributed by atoms with Crippen LogP contribution in [-0.4, -0.2) is 59.0 Å². The summed E-state index contributed by atoms with van der Waals surface area (Å²) in [4.78, 5) is 12.6. The van der Waals surface area contributed by atoms with Crippen LogP contribution in [0.3, 0.4) is 0 Å². The number of fused-ring (bicyclic) bond motifs is 1. The Labute approximate surface area is 137 Å². The Morgan fingerprint density at radius 2 is 2.09 bits per heavy atom. The van der Waals surface area contributed by atoms with Gasteiger partial charge in [0.1, 0.15) is 28.1 Å². The molecule has 1 saturated heterocycles. The highest BCUT2D eigenvalue weighted by Gasteiger charge is 2.49. The maximum Gasteiger partial charge on any atom is 0.407 e. The van der Waals surface area contributed by atoms with Crippen molar-refractivity contribution in [3.05, 3.63) is 12.2 Å². The Kier molecular flexibility index (Phi) is 3.88. The third-order valence-corrected chi connectivity index (χ3v) is 5.89. The quantitative estimate of drug-likeness (QED) is 0.776. The van der Waals surface area contributed by atoms with Crippen LogP contribution in [0.4, 0.5) is 4.79 Å². The number of carbonyl (C=O) groups is 1. The van der Waals surface area contributed by atoms with E-state index in [4.69, 9.17) is 5.11 Å². The van der Waals surface area contributed by atoms with Crippen LogP contribution >= 0.6 is 0 Å². The minimum absolute atomic E-state index is 0.294. The fourth-order valence-electron chi connectivity index (χ4n) is 3.07. The first-order chi connectivity index (χ1) is 10.7. The van der Waals surface area contributed by atoms with E-state index in [-0.39, 0.29) is 5.41 Å². The molecule has 1 fully saturated rings. The first kappa shape index (κ1) is 16.3. The molecule has 23 heavy (non-hydrogen) atoms. The first-order valence-electron chi connectivity index (χ1n) is 7.60. The maximum absolute atomic E-state index is 12.5. The Bertz CT molecular complexity index is 643. The fourth-order valence-corrected chi connectivity index (χ4v) is 3.79. The molecule has 3 heterocycles. The summed E-state index contributed by atoms with van der Waals surface area (Å²) in [7, 11) is 0. The number of aromatic nitrogens is 3. The molecule has 1 aromatic heterocycles. The van der Waals surface area contributed by atoms with E-state index in [1.165, 1.54) is 4.90 Å². The Balaban J connectivity index is 1.93. The van der Waals surface area contributed by atoms with E-state index in [9.17, 15) is 9.35 Å². The summed E-state index contributed by atoms with van der Waals surface area (Å²) in [5, 5.41) is 17.2. The lowest BCUT2D eigenvalue weighted by Gasteiger charge is -2.37. The molecule has 1 unspecified atom stereocenters. The van der Waals surface area contributed by atoms with Crippen molar-refractivity contribution in [3.63, 3.8) is 0 Å². The molecule has 8 nitrogen and oxygen atoms in total. The van der Waals surface area contributed by atoms with Gasteiger partial charge >= 0.3 is 6.09 Å². The molecule has 2 aliphatic heterocycles. The lowest BCUT2D eigenvalue weighted by molar-refractivity contribution is 0.111. The highest BCUT2D eigenvalue weighted by Crippen LogP contribution is 2.42. The third-order valence-electron chi connectivity index (χ3n) is 4.49. The molecule has 126 valence electrons. The van der Waals surface area contributed by atoms with Crippen LogP contribution in [0.15, 0.2) is 10.7 Å². The van der Waals surface area contributed by atoms with Crippen molar-refractivity contribution in [1.29, 1.82) is 0 Å². The van der Waals surface area contributed by atoms with Gasteiger partial charge in [-0.2, -0.15) is 0 Å². The van der Waals surface area contributed by atoms with Gasteiger partial charge < -0.3 is 19.1 Å². The largest absolute Gasteiger partial charge is 0.591 e. The van der Waals surface area contributed by atoms with E-state index >= 15 is 0 Å². The molecule has 0 aliphatic carbocycles. The zero-order chi connectivity index (χ0) is 16.8. The summed E-state index contributed by atoms with van der Waals surface area (Å²) >= 11 is -1.39. The average molecular weight is 339 g/mol. The van der Waals surface area contributed by atoms with Crippen LogP contribution in [0.2, 0.25) is 0 Å². The Hall–Kier alpha value is -1.61. The molecule has 0 bridgehead atoms. The van der Waals surface area contributed by atoms with Crippen LogP contribution in [0.25, 0.3) is 0 Å². The standard InChI is InChI=1S/C14H21N5O3S/c1-13(2,3)23(22)17-10-11-16-15-9-19(11)8-14(10)4-6-18(7-5-14)12(20)21/h9H,4-8H2,1-3H3,(H,20,21). The number of amides is 1. The minimum atomic E-state index is -1.39. The van der Waals surface area contributed by atoms with Gasteiger partial charge in [-0.1, -0.05) is 4.40 Å². The second-order valence-electron chi connectivity index (χ2n) is 7.13.